The van der Waals surface area contributed by atoms with Crippen LogP contribution >= 0.6 is 11.6 Å². The lowest BCUT2D eigenvalue weighted by molar-refractivity contribution is 0.198. The zero-order valence-electron chi connectivity index (χ0n) is 11.5. The Morgan fingerprint density at radius 2 is 1.81 bits per heavy atom. The monoisotopic (exact) mass is 299 g/mol. The molecule has 0 saturated heterocycles. The lowest BCUT2D eigenvalue weighted by Gasteiger charge is -2.10. The highest BCUT2D eigenvalue weighted by Crippen LogP contribution is 2.33. The number of aliphatic hydroxyl groups excluding tert-OH is 1. The fraction of sp³-hybridized carbons (Fsp3) is 0.118. The van der Waals surface area contributed by atoms with Gasteiger partial charge in [-0.1, -0.05) is 35.9 Å². The molecule has 0 aliphatic carbocycles. The van der Waals surface area contributed by atoms with Gasteiger partial charge < -0.3 is 9.84 Å². The number of fused-ring (bicyclic) bond motifs is 1. The second-order valence-electron chi connectivity index (χ2n) is 4.80. The van der Waals surface area contributed by atoms with Crippen LogP contribution in [0.4, 0.5) is 0 Å². The Balaban J connectivity index is 1.96. The van der Waals surface area contributed by atoms with Crippen LogP contribution < -0.4 is 4.74 Å². The molecule has 4 heteroatoms. The standard InChI is InChI=1S/C17H14ClNO2/c1-11(20)12-6-9-17(19-10-12)21-16-8-7-15(18)13-4-2-3-5-14(13)16/h2-11,20H,1H3/t11-/m0/s1. The van der Waals surface area contributed by atoms with Gasteiger partial charge in [-0.2, -0.15) is 0 Å². The molecule has 106 valence electrons. The van der Waals surface area contributed by atoms with E-state index in [0.717, 1.165) is 16.3 Å². The van der Waals surface area contributed by atoms with E-state index in [9.17, 15) is 5.11 Å². The van der Waals surface area contributed by atoms with Crippen molar-refractivity contribution in [3.05, 3.63) is 65.3 Å². The van der Waals surface area contributed by atoms with Gasteiger partial charge in [0.15, 0.2) is 0 Å². The van der Waals surface area contributed by atoms with Gasteiger partial charge in [0.25, 0.3) is 0 Å². The van der Waals surface area contributed by atoms with E-state index in [1.807, 2.05) is 36.4 Å². The van der Waals surface area contributed by atoms with E-state index in [2.05, 4.69) is 4.98 Å². The average Bonchev–Trinajstić information content (AvgIpc) is 2.51. The van der Waals surface area contributed by atoms with Crippen LogP contribution in [0.25, 0.3) is 10.8 Å². The third-order valence-electron chi connectivity index (χ3n) is 3.29. The maximum absolute atomic E-state index is 9.48. The highest BCUT2D eigenvalue weighted by atomic mass is 35.5. The Labute approximate surface area is 127 Å². The maximum atomic E-state index is 9.48. The predicted octanol–water partition coefficient (Wildman–Crippen LogP) is 4.73. The van der Waals surface area contributed by atoms with E-state index in [0.29, 0.717) is 16.7 Å². The first-order valence-corrected chi connectivity index (χ1v) is 7.02. The van der Waals surface area contributed by atoms with Crippen molar-refractivity contribution in [3.63, 3.8) is 0 Å². The molecule has 0 amide bonds. The van der Waals surface area contributed by atoms with Crippen molar-refractivity contribution in [2.75, 3.05) is 0 Å². The van der Waals surface area contributed by atoms with Crippen LogP contribution in [-0.2, 0) is 0 Å². The summed E-state index contributed by atoms with van der Waals surface area (Å²) in [7, 11) is 0. The smallest absolute Gasteiger partial charge is 0.219 e. The quantitative estimate of drug-likeness (QED) is 0.760. The summed E-state index contributed by atoms with van der Waals surface area (Å²) in [5, 5.41) is 12.0. The van der Waals surface area contributed by atoms with E-state index >= 15 is 0 Å². The van der Waals surface area contributed by atoms with Crippen LogP contribution in [0.2, 0.25) is 5.02 Å². The number of benzene rings is 2. The summed E-state index contributed by atoms with van der Waals surface area (Å²) < 4.78 is 5.83. The minimum absolute atomic E-state index is 0.479. The molecule has 0 bridgehead atoms. The highest BCUT2D eigenvalue weighted by Gasteiger charge is 2.08. The van der Waals surface area contributed by atoms with Gasteiger partial charge in [0.2, 0.25) is 5.88 Å². The van der Waals surface area contributed by atoms with Gasteiger partial charge in [0.05, 0.1) is 6.10 Å². The summed E-state index contributed by atoms with van der Waals surface area (Å²) >= 11 is 6.19. The minimum Gasteiger partial charge on any atom is -0.438 e. The predicted molar refractivity (Wildman–Crippen MR) is 83.9 cm³/mol. The van der Waals surface area contributed by atoms with Crippen molar-refractivity contribution in [2.45, 2.75) is 13.0 Å². The van der Waals surface area contributed by atoms with Crippen LogP contribution in [-0.4, -0.2) is 10.1 Å². The molecule has 0 aliphatic heterocycles. The van der Waals surface area contributed by atoms with Crippen LogP contribution in [0.15, 0.2) is 54.7 Å². The van der Waals surface area contributed by atoms with Crippen LogP contribution in [0.3, 0.4) is 0 Å². The van der Waals surface area contributed by atoms with E-state index in [4.69, 9.17) is 16.3 Å². The molecule has 0 unspecified atom stereocenters. The Hall–Kier alpha value is -2.10. The molecule has 0 saturated carbocycles. The number of nitrogens with zero attached hydrogens (tertiary/aromatic N) is 1. The number of hydrogen-bond acceptors (Lipinski definition) is 3. The molecular weight excluding hydrogens is 286 g/mol. The summed E-state index contributed by atoms with van der Waals surface area (Å²) in [6.45, 7) is 1.70. The molecule has 1 atom stereocenters. The van der Waals surface area contributed by atoms with Crippen molar-refractivity contribution in [1.82, 2.24) is 4.98 Å². The first-order chi connectivity index (χ1) is 10.1. The normalized spacial score (nSPS) is 12.3. The number of aromatic nitrogens is 1. The summed E-state index contributed by atoms with van der Waals surface area (Å²) in [5.41, 5.74) is 0.753. The first-order valence-electron chi connectivity index (χ1n) is 6.64. The maximum Gasteiger partial charge on any atom is 0.219 e. The highest BCUT2D eigenvalue weighted by molar-refractivity contribution is 6.35. The lowest BCUT2D eigenvalue weighted by Crippen LogP contribution is -1.94. The Kier molecular flexibility index (Phi) is 3.78. The second-order valence-corrected chi connectivity index (χ2v) is 5.21. The summed E-state index contributed by atoms with van der Waals surface area (Å²) in [6.07, 6.45) is 1.07. The molecule has 3 nitrogen and oxygen atoms in total. The van der Waals surface area contributed by atoms with Crippen molar-refractivity contribution >= 4 is 22.4 Å². The van der Waals surface area contributed by atoms with E-state index < -0.39 is 6.10 Å². The number of pyridine rings is 1. The van der Waals surface area contributed by atoms with Crippen LogP contribution in [0.5, 0.6) is 11.6 Å². The van der Waals surface area contributed by atoms with Crippen LogP contribution in [0, 0.1) is 0 Å². The zero-order chi connectivity index (χ0) is 14.8. The van der Waals surface area contributed by atoms with Crippen LogP contribution in [0.1, 0.15) is 18.6 Å². The molecule has 1 heterocycles. The lowest BCUT2D eigenvalue weighted by atomic mass is 10.1. The van der Waals surface area contributed by atoms with E-state index in [-0.39, 0.29) is 0 Å². The summed E-state index contributed by atoms with van der Waals surface area (Å²) in [5.74, 6) is 1.18. The third kappa shape index (κ3) is 2.84. The molecule has 2 aromatic carbocycles. The number of aliphatic hydroxyl groups is 1. The summed E-state index contributed by atoms with van der Waals surface area (Å²) in [6, 6.07) is 15.0. The van der Waals surface area contributed by atoms with E-state index in [1.54, 1.807) is 25.3 Å². The molecular formula is C17H14ClNO2. The topological polar surface area (TPSA) is 42.4 Å². The Bertz CT molecular complexity index is 769. The number of ether oxygens (including phenoxy) is 1. The molecule has 0 aliphatic rings. The molecule has 1 aromatic heterocycles. The first kappa shape index (κ1) is 13.9. The molecule has 0 radical (unpaired) electrons. The van der Waals surface area contributed by atoms with Crippen molar-refractivity contribution < 1.29 is 9.84 Å². The zero-order valence-corrected chi connectivity index (χ0v) is 12.2. The number of halogens is 1. The minimum atomic E-state index is -0.539. The van der Waals surface area contributed by atoms with Gasteiger partial charge in [-0.25, -0.2) is 4.98 Å². The molecule has 21 heavy (non-hydrogen) atoms. The van der Waals surface area contributed by atoms with Crippen molar-refractivity contribution in [2.24, 2.45) is 0 Å². The molecule has 0 spiro atoms. The molecule has 0 fully saturated rings. The largest absolute Gasteiger partial charge is 0.438 e. The number of rotatable bonds is 3. The second kappa shape index (κ2) is 5.72. The van der Waals surface area contributed by atoms with Gasteiger partial charge in [-0.05, 0) is 30.7 Å². The van der Waals surface area contributed by atoms with Gasteiger partial charge in [0.1, 0.15) is 5.75 Å². The fourth-order valence-corrected chi connectivity index (χ4v) is 2.36. The van der Waals surface area contributed by atoms with E-state index in [1.165, 1.54) is 0 Å². The fourth-order valence-electron chi connectivity index (χ4n) is 2.14. The molecule has 3 rings (SSSR count). The van der Waals surface area contributed by atoms with Gasteiger partial charge in [-0.15, -0.1) is 0 Å². The third-order valence-corrected chi connectivity index (χ3v) is 3.62. The molecule has 3 aromatic rings. The Morgan fingerprint density at radius 1 is 1.05 bits per heavy atom. The number of hydrogen-bond donors (Lipinski definition) is 1. The van der Waals surface area contributed by atoms with Crippen molar-refractivity contribution in [3.8, 4) is 11.6 Å². The molecule has 1 N–H and O–H groups in total. The Morgan fingerprint density at radius 3 is 2.48 bits per heavy atom. The van der Waals surface area contributed by atoms with Gasteiger partial charge in [-0.3, -0.25) is 0 Å². The summed E-state index contributed by atoms with van der Waals surface area (Å²) in [4.78, 5) is 4.21. The van der Waals surface area contributed by atoms with Crippen molar-refractivity contribution in [1.29, 1.82) is 0 Å². The average molecular weight is 300 g/mol. The van der Waals surface area contributed by atoms with Gasteiger partial charge in [0, 0.05) is 28.1 Å². The van der Waals surface area contributed by atoms with Gasteiger partial charge >= 0.3 is 0 Å². The SMILES string of the molecule is C[C@H](O)c1ccc(Oc2ccc(Cl)c3ccccc23)nc1.